The normalized spacial score (nSPS) is 17.0. The second kappa shape index (κ2) is 12.9. The lowest BCUT2D eigenvalue weighted by molar-refractivity contribution is 0.276. The summed E-state index contributed by atoms with van der Waals surface area (Å²) in [6.07, 6.45) is 8.08. The number of anilines is 1. The van der Waals surface area contributed by atoms with Crippen LogP contribution in [0.25, 0.3) is 10.8 Å². The van der Waals surface area contributed by atoms with Crippen LogP contribution < -0.4 is 10.9 Å². The lowest BCUT2D eigenvalue weighted by Gasteiger charge is -2.23. The van der Waals surface area contributed by atoms with E-state index in [1.807, 2.05) is 42.5 Å². The number of aromatic amines is 1. The van der Waals surface area contributed by atoms with E-state index in [0.29, 0.717) is 11.4 Å². The Morgan fingerprint density at radius 2 is 1.72 bits per heavy atom. The average Bonchev–Trinajstić information content (AvgIpc) is 3.19. The van der Waals surface area contributed by atoms with E-state index in [1.165, 1.54) is 11.1 Å². The Kier molecular flexibility index (Phi) is 8.84. The number of likely N-dealkylation sites (tertiary alicyclic amines) is 1. The molecule has 1 saturated heterocycles. The van der Waals surface area contributed by atoms with Gasteiger partial charge in [-0.25, -0.2) is 9.49 Å². The molecule has 2 N–H and O–H groups in total. The van der Waals surface area contributed by atoms with Gasteiger partial charge in [0.15, 0.2) is 5.82 Å². The molecule has 39 heavy (non-hydrogen) atoms. The smallest absolute Gasteiger partial charge is 0.272 e. The molecular formula is C33H37FN4O. The van der Waals surface area contributed by atoms with E-state index in [2.05, 4.69) is 51.3 Å². The maximum absolute atomic E-state index is 13.6. The van der Waals surface area contributed by atoms with Crippen LogP contribution in [0, 0.1) is 5.82 Å². The highest BCUT2D eigenvalue weighted by Gasteiger charge is 2.20. The molecule has 5 nitrogen and oxygen atoms in total. The molecule has 1 aliphatic heterocycles. The van der Waals surface area contributed by atoms with Crippen LogP contribution in [-0.4, -0.2) is 40.8 Å². The number of nitrogens with one attached hydrogen (secondary N) is 2. The molecule has 0 aliphatic carbocycles. The molecule has 0 bridgehead atoms. The van der Waals surface area contributed by atoms with E-state index >= 15 is 0 Å². The number of rotatable bonds is 10. The monoisotopic (exact) mass is 524 g/mol. The first-order valence-corrected chi connectivity index (χ1v) is 14.0. The predicted octanol–water partition coefficient (Wildman–Crippen LogP) is 6.67. The lowest BCUT2D eigenvalue weighted by Crippen LogP contribution is -2.28. The van der Waals surface area contributed by atoms with Gasteiger partial charge in [-0.05, 0) is 86.5 Å². The van der Waals surface area contributed by atoms with Crippen LogP contribution in [0.3, 0.4) is 0 Å². The second-order valence-electron chi connectivity index (χ2n) is 10.5. The zero-order chi connectivity index (χ0) is 27.0. The summed E-state index contributed by atoms with van der Waals surface area (Å²) >= 11 is 0. The Balaban J connectivity index is 1.19. The van der Waals surface area contributed by atoms with Crippen LogP contribution in [0.5, 0.6) is 0 Å². The number of benzene rings is 3. The molecule has 3 aromatic carbocycles. The van der Waals surface area contributed by atoms with E-state index in [4.69, 9.17) is 0 Å². The maximum atomic E-state index is 13.6. The molecule has 1 aliphatic rings. The highest BCUT2D eigenvalue weighted by Crippen LogP contribution is 2.30. The number of allylic oxidation sites excluding steroid dienone is 1. The molecule has 0 saturated carbocycles. The Labute approximate surface area is 229 Å². The molecule has 1 fully saturated rings. The Hall–Kier alpha value is -3.77. The molecule has 0 radical (unpaired) electrons. The summed E-state index contributed by atoms with van der Waals surface area (Å²) in [6, 6.07) is 23.7. The molecule has 0 amide bonds. The Morgan fingerprint density at radius 3 is 2.46 bits per heavy atom. The largest absolute Gasteiger partial charge is 0.365 e. The van der Waals surface area contributed by atoms with Crippen molar-refractivity contribution in [2.75, 3.05) is 25.0 Å². The van der Waals surface area contributed by atoms with Gasteiger partial charge in [0.05, 0.1) is 5.39 Å². The van der Waals surface area contributed by atoms with Gasteiger partial charge in [0.1, 0.15) is 5.82 Å². The molecule has 0 spiro atoms. The van der Waals surface area contributed by atoms with Gasteiger partial charge in [0.25, 0.3) is 5.56 Å². The zero-order valence-electron chi connectivity index (χ0n) is 22.4. The fourth-order valence-corrected chi connectivity index (χ4v) is 5.73. The van der Waals surface area contributed by atoms with Crippen molar-refractivity contribution in [3.8, 4) is 0 Å². The highest BCUT2D eigenvalue weighted by atomic mass is 19.1. The minimum Gasteiger partial charge on any atom is -0.365 e. The zero-order valence-corrected chi connectivity index (χ0v) is 22.4. The first kappa shape index (κ1) is 26.8. The van der Waals surface area contributed by atoms with E-state index in [0.717, 1.165) is 74.9 Å². The molecular weight excluding hydrogens is 487 g/mol. The van der Waals surface area contributed by atoms with Gasteiger partial charge in [0, 0.05) is 23.9 Å². The van der Waals surface area contributed by atoms with E-state index < -0.39 is 0 Å². The Morgan fingerprint density at radius 1 is 1.00 bits per heavy atom. The minimum atomic E-state index is -0.198. The number of H-pyrrole nitrogens is 1. The fraction of sp³-hybridized carbons (Fsp3) is 0.333. The second-order valence-corrected chi connectivity index (χ2v) is 10.5. The third-order valence-corrected chi connectivity index (χ3v) is 7.86. The van der Waals surface area contributed by atoms with Gasteiger partial charge in [-0.3, -0.25) is 4.79 Å². The van der Waals surface area contributed by atoms with E-state index in [9.17, 15) is 9.18 Å². The van der Waals surface area contributed by atoms with E-state index in [1.54, 1.807) is 12.1 Å². The molecule has 4 aromatic rings. The number of aromatic nitrogens is 2. The third kappa shape index (κ3) is 6.82. The van der Waals surface area contributed by atoms with Crippen LogP contribution in [-0.2, 0) is 6.42 Å². The summed E-state index contributed by atoms with van der Waals surface area (Å²) in [7, 11) is 0. The number of hydrogen-bond acceptors (Lipinski definition) is 4. The molecule has 6 heteroatoms. The predicted molar refractivity (Wildman–Crippen MR) is 158 cm³/mol. The quantitative estimate of drug-likeness (QED) is 0.228. The summed E-state index contributed by atoms with van der Waals surface area (Å²) in [4.78, 5) is 14.7. The van der Waals surface area contributed by atoms with Crippen LogP contribution in [0.1, 0.15) is 54.7 Å². The fourth-order valence-electron chi connectivity index (χ4n) is 5.73. The number of fused-ring (bicyclic) bond motifs is 1. The van der Waals surface area contributed by atoms with Crippen LogP contribution in [0.2, 0.25) is 0 Å². The number of hydrogen-bond donors (Lipinski definition) is 2. The van der Waals surface area contributed by atoms with Crippen molar-refractivity contribution in [3.05, 3.63) is 118 Å². The van der Waals surface area contributed by atoms with Gasteiger partial charge >= 0.3 is 0 Å². The first-order chi connectivity index (χ1) is 19.1. The lowest BCUT2D eigenvalue weighted by atomic mass is 9.87. The summed E-state index contributed by atoms with van der Waals surface area (Å²) < 4.78 is 13.6. The summed E-state index contributed by atoms with van der Waals surface area (Å²) in [5, 5.41) is 12.1. The van der Waals surface area contributed by atoms with Gasteiger partial charge in [-0.15, -0.1) is 6.58 Å². The molecule has 5 rings (SSSR count). The van der Waals surface area contributed by atoms with Crippen LogP contribution in [0.4, 0.5) is 10.2 Å². The Bertz CT molecular complexity index is 1430. The first-order valence-electron chi connectivity index (χ1n) is 14.0. The molecule has 1 aromatic heterocycles. The van der Waals surface area contributed by atoms with Crippen LogP contribution >= 0.6 is 0 Å². The van der Waals surface area contributed by atoms with Gasteiger partial charge in [-0.1, -0.05) is 60.7 Å². The van der Waals surface area contributed by atoms with Crippen molar-refractivity contribution in [3.63, 3.8) is 0 Å². The number of nitrogens with zero attached hydrogens (tertiary/aromatic N) is 2. The van der Waals surface area contributed by atoms with Gasteiger partial charge < -0.3 is 10.2 Å². The van der Waals surface area contributed by atoms with Crippen molar-refractivity contribution in [2.24, 2.45) is 0 Å². The highest BCUT2D eigenvalue weighted by molar-refractivity contribution is 5.90. The van der Waals surface area contributed by atoms with Crippen molar-refractivity contribution >= 4 is 16.6 Å². The third-order valence-electron chi connectivity index (χ3n) is 7.86. The average molecular weight is 525 g/mol. The van der Waals surface area contributed by atoms with Crippen molar-refractivity contribution in [2.45, 2.75) is 50.5 Å². The van der Waals surface area contributed by atoms with Crippen molar-refractivity contribution in [1.82, 2.24) is 15.1 Å². The maximum Gasteiger partial charge on any atom is 0.272 e. The minimum absolute atomic E-state index is 0.158. The molecule has 2 unspecified atom stereocenters. The standard InChI is InChI=1S/C33H37FN4O/c1-2-7-24-12-14-25(15-13-24)29(26-16-18-27(34)19-17-26)11-6-22-38-21-5-8-28(20-23-38)35-32-30-9-3-4-10-31(30)33(39)37-36-32/h2-4,9-10,12-19,28-29H,1,5-8,11,20-23H2,(H,35,36)(H,37,39). The van der Waals surface area contributed by atoms with Crippen molar-refractivity contribution < 1.29 is 4.39 Å². The topological polar surface area (TPSA) is 61.0 Å². The van der Waals surface area contributed by atoms with Crippen molar-refractivity contribution in [1.29, 1.82) is 0 Å². The summed E-state index contributed by atoms with van der Waals surface area (Å²) in [5.74, 6) is 0.797. The number of halogens is 1. The van der Waals surface area contributed by atoms with Gasteiger partial charge in [0.2, 0.25) is 0 Å². The SMILES string of the molecule is C=CCc1ccc(C(CCCN2CCCC(Nc3n[nH]c(=O)c4ccccc34)CC2)c2ccc(F)cc2)cc1. The summed E-state index contributed by atoms with van der Waals surface area (Å²) in [5.41, 5.74) is 3.53. The summed E-state index contributed by atoms with van der Waals surface area (Å²) in [6.45, 7) is 6.99. The molecule has 2 atom stereocenters. The molecule has 202 valence electrons. The van der Waals surface area contributed by atoms with E-state index in [-0.39, 0.29) is 17.3 Å². The molecule has 2 heterocycles. The van der Waals surface area contributed by atoms with Crippen LogP contribution in [0.15, 0.2) is 90.2 Å². The van der Waals surface area contributed by atoms with Gasteiger partial charge in [-0.2, -0.15) is 5.10 Å².